The third-order valence-electron chi connectivity index (χ3n) is 6.01. The Hall–Kier alpha value is -3.59. The van der Waals surface area contributed by atoms with Crippen LogP contribution in [0.15, 0.2) is 40.8 Å². The van der Waals surface area contributed by atoms with Crippen LogP contribution in [0.25, 0.3) is 0 Å². The van der Waals surface area contributed by atoms with E-state index in [2.05, 4.69) is 8.92 Å². The number of halogens is 3. The maximum atomic E-state index is 13.3. The molecule has 0 unspecified atom stereocenters. The van der Waals surface area contributed by atoms with Crippen LogP contribution in [0.2, 0.25) is 0 Å². The molecule has 3 rings (SSSR count). The average Bonchev–Trinajstić information content (AvgIpc) is 3.25. The van der Waals surface area contributed by atoms with Crippen molar-refractivity contribution in [2.75, 3.05) is 7.11 Å². The average molecular weight is 607 g/mol. The van der Waals surface area contributed by atoms with Crippen molar-refractivity contribution in [2.24, 2.45) is 0 Å². The Morgan fingerprint density at radius 3 is 2.23 bits per heavy atom. The van der Waals surface area contributed by atoms with Gasteiger partial charge in [-0.1, -0.05) is 29.3 Å². The zero-order valence-corrected chi connectivity index (χ0v) is 23.4. The van der Waals surface area contributed by atoms with E-state index in [9.17, 15) is 39.6 Å². The Labute approximate surface area is 228 Å². The number of benzene rings is 2. The van der Waals surface area contributed by atoms with E-state index in [-0.39, 0.29) is 34.4 Å². The van der Waals surface area contributed by atoms with E-state index in [1.165, 1.54) is 44.4 Å². The molecule has 0 amide bonds. The molecule has 0 saturated heterocycles. The van der Waals surface area contributed by atoms with Crippen LogP contribution in [-0.2, 0) is 47.5 Å². The molecule has 0 radical (unpaired) electrons. The van der Waals surface area contributed by atoms with Gasteiger partial charge >= 0.3 is 37.7 Å². The first-order valence-electron chi connectivity index (χ1n) is 11.6. The molecule has 15 heteroatoms. The SMILES string of the molecule is COC(=O)CC/C(C)=C/Cc1c(OS(=O)(=O)C(F)(F)F)c(C)c2c(c1OS(=O)(=O)c1ccc(C)cc1)C(=O)OC2. The molecular formula is C25H25F3O10S2. The number of rotatable bonds is 10. The predicted molar refractivity (Wildman–Crippen MR) is 134 cm³/mol. The highest BCUT2D eigenvalue weighted by Crippen LogP contribution is 2.45. The third kappa shape index (κ3) is 6.58. The maximum Gasteiger partial charge on any atom is 0.534 e. The number of alkyl halides is 3. The monoisotopic (exact) mass is 606 g/mol. The highest BCUT2D eigenvalue weighted by atomic mass is 32.2. The number of methoxy groups -OCH3 is 1. The van der Waals surface area contributed by atoms with Crippen LogP contribution >= 0.6 is 0 Å². The molecular weight excluding hydrogens is 581 g/mol. The van der Waals surface area contributed by atoms with Gasteiger partial charge in [-0.25, -0.2) is 4.79 Å². The molecule has 218 valence electrons. The molecule has 0 bridgehead atoms. The normalized spacial score (nSPS) is 14.0. The number of carbonyl (C=O) groups excluding carboxylic acids is 2. The molecule has 0 spiro atoms. The van der Waals surface area contributed by atoms with Gasteiger partial charge in [-0.15, -0.1) is 0 Å². The van der Waals surface area contributed by atoms with E-state index in [1.54, 1.807) is 13.8 Å². The van der Waals surface area contributed by atoms with Gasteiger partial charge in [0.05, 0.1) is 7.11 Å². The summed E-state index contributed by atoms with van der Waals surface area (Å²) in [6.45, 7) is 4.00. The number of esters is 2. The largest absolute Gasteiger partial charge is 0.534 e. The maximum absolute atomic E-state index is 13.3. The number of hydrogen-bond acceptors (Lipinski definition) is 10. The fraction of sp³-hybridized carbons (Fsp3) is 0.360. The van der Waals surface area contributed by atoms with Gasteiger partial charge in [0.15, 0.2) is 11.5 Å². The summed E-state index contributed by atoms with van der Waals surface area (Å²) in [5.41, 5.74) is -5.71. The van der Waals surface area contributed by atoms with Crippen molar-refractivity contribution in [2.45, 2.75) is 57.0 Å². The third-order valence-corrected chi connectivity index (χ3v) is 8.20. The van der Waals surface area contributed by atoms with Gasteiger partial charge < -0.3 is 17.8 Å². The van der Waals surface area contributed by atoms with Crippen LogP contribution in [-0.4, -0.2) is 41.4 Å². The van der Waals surface area contributed by atoms with Crippen molar-refractivity contribution in [3.63, 3.8) is 0 Å². The van der Waals surface area contributed by atoms with E-state index in [4.69, 9.17) is 8.92 Å². The Morgan fingerprint density at radius 2 is 1.65 bits per heavy atom. The topological polar surface area (TPSA) is 139 Å². The van der Waals surface area contributed by atoms with Crippen molar-refractivity contribution in [1.82, 2.24) is 0 Å². The van der Waals surface area contributed by atoms with Gasteiger partial charge in [0.25, 0.3) is 0 Å². The summed E-state index contributed by atoms with van der Waals surface area (Å²) in [4.78, 5) is 23.8. The van der Waals surface area contributed by atoms with Gasteiger partial charge in [0, 0.05) is 23.1 Å². The summed E-state index contributed by atoms with van der Waals surface area (Å²) in [6, 6.07) is 5.39. The van der Waals surface area contributed by atoms with Gasteiger partial charge in [-0.3, -0.25) is 4.79 Å². The van der Waals surface area contributed by atoms with Crippen molar-refractivity contribution in [3.8, 4) is 11.5 Å². The van der Waals surface area contributed by atoms with Gasteiger partial charge in [0.2, 0.25) is 0 Å². The Balaban J connectivity index is 2.26. The minimum Gasteiger partial charge on any atom is -0.469 e. The lowest BCUT2D eigenvalue weighted by molar-refractivity contribution is -0.140. The Morgan fingerprint density at radius 1 is 1.02 bits per heavy atom. The molecule has 2 aromatic rings. The molecule has 0 aromatic heterocycles. The van der Waals surface area contributed by atoms with Gasteiger partial charge in [-0.2, -0.15) is 30.0 Å². The number of allylic oxidation sites excluding steroid dienone is 2. The molecule has 0 saturated carbocycles. The summed E-state index contributed by atoms with van der Waals surface area (Å²) >= 11 is 0. The van der Waals surface area contributed by atoms with Crippen LogP contribution < -0.4 is 8.37 Å². The zero-order chi connectivity index (χ0) is 30.0. The lowest BCUT2D eigenvalue weighted by atomic mass is 9.95. The first kappa shape index (κ1) is 30.9. The molecule has 1 aliphatic rings. The van der Waals surface area contributed by atoms with Crippen LogP contribution in [0.4, 0.5) is 13.2 Å². The smallest absolute Gasteiger partial charge is 0.469 e. The molecule has 0 N–H and O–H groups in total. The number of fused-ring (bicyclic) bond motifs is 1. The minimum absolute atomic E-state index is 0.0364. The lowest BCUT2D eigenvalue weighted by Gasteiger charge is -2.20. The predicted octanol–water partition coefficient (Wildman–Crippen LogP) is 4.41. The number of cyclic esters (lactones) is 1. The van der Waals surface area contributed by atoms with E-state index >= 15 is 0 Å². The van der Waals surface area contributed by atoms with Crippen LogP contribution in [0.3, 0.4) is 0 Å². The highest BCUT2D eigenvalue weighted by Gasteiger charge is 2.49. The van der Waals surface area contributed by atoms with E-state index in [0.29, 0.717) is 5.57 Å². The molecule has 1 heterocycles. The van der Waals surface area contributed by atoms with Gasteiger partial charge in [0.1, 0.15) is 17.1 Å². The first-order chi connectivity index (χ1) is 18.5. The fourth-order valence-corrected chi connectivity index (χ4v) is 5.25. The first-order valence-corrected chi connectivity index (χ1v) is 14.4. The minimum atomic E-state index is -6.22. The standard InChI is InChI=1S/C25H25F3O10S2/c1-14-5-9-17(10-6-14)39(31,32)37-23-18(11-7-15(2)8-12-20(29)35-4)22(38-40(33,34)25(26,27)28)16(3)19-13-36-24(30)21(19)23/h5-7,9-10H,8,11-13H2,1-4H3/b15-7+. The number of hydrogen-bond donors (Lipinski definition) is 0. The van der Waals surface area contributed by atoms with E-state index in [0.717, 1.165) is 5.56 Å². The van der Waals surface area contributed by atoms with E-state index < -0.39 is 67.8 Å². The van der Waals surface area contributed by atoms with Gasteiger partial charge in [-0.05, 0) is 45.7 Å². The summed E-state index contributed by atoms with van der Waals surface area (Å²) in [5, 5.41) is 0. The van der Waals surface area contributed by atoms with Crippen molar-refractivity contribution in [3.05, 3.63) is 63.7 Å². The number of ether oxygens (including phenoxy) is 2. The lowest BCUT2D eigenvalue weighted by Crippen LogP contribution is -2.29. The number of carbonyl (C=O) groups is 2. The quantitative estimate of drug-likeness (QED) is 0.165. The second-order valence-electron chi connectivity index (χ2n) is 8.86. The molecule has 0 aliphatic carbocycles. The molecule has 0 fully saturated rings. The zero-order valence-electron chi connectivity index (χ0n) is 21.7. The molecule has 10 nitrogen and oxygen atoms in total. The Bertz CT molecular complexity index is 1570. The summed E-state index contributed by atoms with van der Waals surface area (Å²) < 4.78 is 110. The second-order valence-corrected chi connectivity index (χ2v) is 11.9. The molecule has 2 aromatic carbocycles. The van der Waals surface area contributed by atoms with Crippen LogP contribution in [0, 0.1) is 13.8 Å². The Kier molecular flexibility index (Phi) is 8.89. The summed E-state index contributed by atoms with van der Waals surface area (Å²) in [6.07, 6.45) is 1.09. The van der Waals surface area contributed by atoms with Crippen LogP contribution in [0.5, 0.6) is 11.5 Å². The molecule has 0 atom stereocenters. The highest BCUT2D eigenvalue weighted by molar-refractivity contribution is 7.88. The summed E-state index contributed by atoms with van der Waals surface area (Å²) in [7, 11) is -9.71. The van der Waals surface area contributed by atoms with Crippen LogP contribution in [0.1, 0.15) is 52.4 Å². The van der Waals surface area contributed by atoms with Crippen molar-refractivity contribution in [1.29, 1.82) is 0 Å². The molecule has 40 heavy (non-hydrogen) atoms. The van der Waals surface area contributed by atoms with E-state index in [1.807, 2.05) is 0 Å². The molecule has 1 aliphatic heterocycles. The second kappa shape index (κ2) is 11.5. The van der Waals surface area contributed by atoms with Crippen molar-refractivity contribution >= 4 is 32.2 Å². The fourth-order valence-electron chi connectivity index (χ4n) is 3.74. The summed E-state index contributed by atoms with van der Waals surface area (Å²) in [5.74, 6) is -3.14. The van der Waals surface area contributed by atoms with Crippen molar-refractivity contribution < 1.29 is 57.4 Å². The number of aryl methyl sites for hydroxylation is 1.